The molecule has 1 N–H and O–H groups in total. The second kappa shape index (κ2) is 9.19. The van der Waals surface area contributed by atoms with Gasteiger partial charge in [-0.15, -0.1) is 0 Å². The van der Waals surface area contributed by atoms with Crippen molar-refractivity contribution in [2.24, 2.45) is 5.92 Å². The van der Waals surface area contributed by atoms with Crippen LogP contribution in [0.3, 0.4) is 0 Å². The van der Waals surface area contributed by atoms with Gasteiger partial charge in [-0.05, 0) is 38.0 Å². The van der Waals surface area contributed by atoms with E-state index in [-0.39, 0.29) is 18.1 Å². The molecule has 172 valence electrons. The average Bonchev–Trinajstić information content (AvgIpc) is 3.25. The summed E-state index contributed by atoms with van der Waals surface area (Å²) in [6, 6.07) is 2.03. The van der Waals surface area contributed by atoms with E-state index in [0.29, 0.717) is 37.1 Å². The van der Waals surface area contributed by atoms with Crippen molar-refractivity contribution in [2.75, 3.05) is 39.9 Å². The monoisotopic (exact) mass is 439 g/mol. The van der Waals surface area contributed by atoms with Crippen molar-refractivity contribution in [3.63, 3.8) is 0 Å². The van der Waals surface area contributed by atoms with Gasteiger partial charge in [-0.2, -0.15) is 0 Å². The molecule has 2 aliphatic heterocycles. The van der Waals surface area contributed by atoms with Gasteiger partial charge < -0.3 is 9.64 Å². The van der Waals surface area contributed by atoms with Crippen molar-refractivity contribution in [2.45, 2.75) is 51.0 Å². The maximum absolute atomic E-state index is 13.3. The maximum atomic E-state index is 13.3. The van der Waals surface area contributed by atoms with Crippen LogP contribution in [0.4, 0.5) is 0 Å². The lowest BCUT2D eigenvalue weighted by Crippen LogP contribution is -2.40. The van der Waals surface area contributed by atoms with E-state index in [1.807, 2.05) is 11.0 Å². The van der Waals surface area contributed by atoms with E-state index in [1.165, 1.54) is 12.8 Å². The lowest BCUT2D eigenvalue weighted by molar-refractivity contribution is -0.136. The van der Waals surface area contributed by atoms with E-state index in [2.05, 4.69) is 22.2 Å². The van der Waals surface area contributed by atoms with Crippen molar-refractivity contribution < 1.29 is 9.53 Å². The number of fused-ring (bicyclic) bond motifs is 2. The number of likely N-dealkylation sites (tertiary alicyclic amines) is 1. The first-order chi connectivity index (χ1) is 15.6. The zero-order valence-corrected chi connectivity index (χ0v) is 18.9. The van der Waals surface area contributed by atoms with Gasteiger partial charge in [0, 0.05) is 63.9 Å². The second-order valence-corrected chi connectivity index (χ2v) is 9.47. The van der Waals surface area contributed by atoms with Gasteiger partial charge in [0.2, 0.25) is 5.91 Å². The molecule has 4 heterocycles. The molecule has 2 aromatic rings. The molecule has 1 amide bonds. The maximum Gasteiger partial charge on any atom is 0.277 e. The first kappa shape index (κ1) is 21.4. The number of aromatic amines is 1. The van der Waals surface area contributed by atoms with Crippen LogP contribution in [0.1, 0.15) is 55.0 Å². The second-order valence-electron chi connectivity index (χ2n) is 9.47. The summed E-state index contributed by atoms with van der Waals surface area (Å²) in [5.74, 6) is 1.04. The zero-order chi connectivity index (χ0) is 22.1. The van der Waals surface area contributed by atoms with Gasteiger partial charge in [-0.1, -0.05) is 12.2 Å². The lowest BCUT2D eigenvalue weighted by Gasteiger charge is -2.31. The van der Waals surface area contributed by atoms with Crippen molar-refractivity contribution in [3.05, 3.63) is 45.5 Å². The van der Waals surface area contributed by atoms with Gasteiger partial charge >= 0.3 is 0 Å². The molecule has 32 heavy (non-hydrogen) atoms. The van der Waals surface area contributed by atoms with Crippen LogP contribution in [-0.4, -0.2) is 70.2 Å². The Morgan fingerprint density at radius 1 is 1.22 bits per heavy atom. The minimum absolute atomic E-state index is 0.0391. The van der Waals surface area contributed by atoms with Gasteiger partial charge in [-0.25, -0.2) is 9.50 Å². The zero-order valence-electron chi connectivity index (χ0n) is 18.9. The van der Waals surface area contributed by atoms with E-state index in [4.69, 9.17) is 9.72 Å². The number of amides is 1. The Hall–Kier alpha value is -2.45. The molecule has 3 aliphatic rings. The molecule has 0 spiro atoms. The number of carbonyl (C=O) groups excluding carboxylic acids is 1. The highest BCUT2D eigenvalue weighted by Gasteiger charge is 2.27. The van der Waals surface area contributed by atoms with Crippen LogP contribution in [-0.2, 0) is 22.5 Å². The van der Waals surface area contributed by atoms with Crippen molar-refractivity contribution in [1.29, 1.82) is 0 Å². The Morgan fingerprint density at radius 3 is 2.81 bits per heavy atom. The fraction of sp³-hybridized carbons (Fsp3) is 0.625. The van der Waals surface area contributed by atoms with Crippen LogP contribution < -0.4 is 5.56 Å². The van der Waals surface area contributed by atoms with E-state index in [0.717, 1.165) is 55.7 Å². The third-order valence-corrected chi connectivity index (χ3v) is 7.31. The van der Waals surface area contributed by atoms with Gasteiger partial charge in [0.25, 0.3) is 5.56 Å². The number of carbonyl (C=O) groups is 1. The highest BCUT2D eigenvalue weighted by molar-refractivity contribution is 5.77. The fourth-order valence-electron chi connectivity index (χ4n) is 5.46. The van der Waals surface area contributed by atoms with Crippen LogP contribution >= 0.6 is 0 Å². The summed E-state index contributed by atoms with van der Waals surface area (Å²) in [7, 11) is 1.55. The minimum atomic E-state index is 0.0391. The molecule has 2 aromatic heterocycles. The Morgan fingerprint density at radius 2 is 2.06 bits per heavy atom. The van der Waals surface area contributed by atoms with E-state index in [1.54, 1.807) is 11.6 Å². The number of nitrogens with zero attached hydrogens (tertiary/aromatic N) is 4. The molecule has 0 saturated carbocycles. The summed E-state index contributed by atoms with van der Waals surface area (Å²) in [6.07, 6.45) is 10.7. The third kappa shape index (κ3) is 4.26. The predicted molar refractivity (Wildman–Crippen MR) is 122 cm³/mol. The van der Waals surface area contributed by atoms with E-state index < -0.39 is 0 Å². The Balaban J connectivity index is 1.30. The normalized spacial score (nSPS) is 22.4. The molecular weight excluding hydrogens is 406 g/mol. The SMILES string of the molecule is COCC(=O)N1CCC(c2cc3nc4c(c(=O)n3[nH]2)CN(C[C@@H]2CC=CCC2)CC4)CC1. The van der Waals surface area contributed by atoms with Gasteiger partial charge in [0.15, 0.2) is 5.65 Å². The summed E-state index contributed by atoms with van der Waals surface area (Å²) >= 11 is 0. The minimum Gasteiger partial charge on any atom is -0.375 e. The van der Waals surface area contributed by atoms with Crippen LogP contribution in [0, 0.1) is 5.92 Å². The number of hydrogen-bond donors (Lipinski definition) is 1. The van der Waals surface area contributed by atoms with Crippen LogP contribution in [0.5, 0.6) is 0 Å². The number of H-pyrrole nitrogens is 1. The molecule has 8 heteroatoms. The Bertz CT molecular complexity index is 1060. The van der Waals surface area contributed by atoms with Gasteiger partial charge in [-0.3, -0.25) is 19.6 Å². The third-order valence-electron chi connectivity index (χ3n) is 7.31. The standard InChI is InChI=1S/C24H33N5O3/c1-32-16-23(30)28-11-7-18(8-12-28)21-13-22-25-20-9-10-27(14-17-5-3-2-4-6-17)15-19(20)24(31)29(22)26-21/h2-3,13,17-18,26H,4-12,14-16H2,1H3/t17-/m1/s1. The van der Waals surface area contributed by atoms with Gasteiger partial charge in [0.1, 0.15) is 6.61 Å². The summed E-state index contributed by atoms with van der Waals surface area (Å²) in [6.45, 7) is 4.29. The number of rotatable bonds is 5. The number of piperidine rings is 1. The van der Waals surface area contributed by atoms with Crippen molar-refractivity contribution in [1.82, 2.24) is 24.4 Å². The molecule has 1 aliphatic carbocycles. The average molecular weight is 440 g/mol. The summed E-state index contributed by atoms with van der Waals surface area (Å²) in [5, 5.41) is 3.34. The number of ether oxygens (including phenoxy) is 1. The van der Waals surface area contributed by atoms with Crippen molar-refractivity contribution >= 4 is 11.6 Å². The largest absolute Gasteiger partial charge is 0.375 e. The molecule has 1 fully saturated rings. The molecule has 1 saturated heterocycles. The highest BCUT2D eigenvalue weighted by atomic mass is 16.5. The molecule has 8 nitrogen and oxygen atoms in total. The summed E-state index contributed by atoms with van der Waals surface area (Å²) in [4.78, 5) is 34.5. The molecular formula is C24H33N5O3. The molecule has 0 bridgehead atoms. The van der Waals surface area contributed by atoms with E-state index in [9.17, 15) is 9.59 Å². The Labute approximate surface area is 188 Å². The quantitative estimate of drug-likeness (QED) is 0.722. The number of nitrogens with one attached hydrogen (secondary N) is 1. The number of allylic oxidation sites excluding steroid dienone is 2. The van der Waals surface area contributed by atoms with Crippen LogP contribution in [0.25, 0.3) is 5.65 Å². The molecule has 1 atom stereocenters. The fourth-order valence-corrected chi connectivity index (χ4v) is 5.46. The first-order valence-corrected chi connectivity index (χ1v) is 11.9. The number of methoxy groups -OCH3 is 1. The van der Waals surface area contributed by atoms with Crippen LogP contribution in [0.15, 0.2) is 23.0 Å². The highest BCUT2D eigenvalue weighted by Crippen LogP contribution is 2.28. The lowest BCUT2D eigenvalue weighted by atomic mass is 9.93. The molecule has 5 rings (SSSR count). The first-order valence-electron chi connectivity index (χ1n) is 11.9. The number of hydrogen-bond acceptors (Lipinski definition) is 5. The number of aromatic nitrogens is 3. The molecule has 0 radical (unpaired) electrons. The molecule has 0 unspecified atom stereocenters. The molecule has 0 aromatic carbocycles. The van der Waals surface area contributed by atoms with Crippen LogP contribution in [0.2, 0.25) is 0 Å². The van der Waals surface area contributed by atoms with Gasteiger partial charge in [0.05, 0.1) is 11.3 Å². The Kier molecular flexibility index (Phi) is 6.15. The predicted octanol–water partition coefficient (Wildman–Crippen LogP) is 2.09. The smallest absolute Gasteiger partial charge is 0.277 e. The summed E-state index contributed by atoms with van der Waals surface area (Å²) < 4.78 is 6.60. The topological polar surface area (TPSA) is 82.9 Å². The van der Waals surface area contributed by atoms with E-state index >= 15 is 0 Å². The van der Waals surface area contributed by atoms with Crippen molar-refractivity contribution in [3.8, 4) is 0 Å². The summed E-state index contributed by atoms with van der Waals surface area (Å²) in [5.41, 5.74) is 3.60.